The third-order valence-electron chi connectivity index (χ3n) is 5.78. The summed E-state index contributed by atoms with van der Waals surface area (Å²) in [5, 5.41) is 7.72. The molecule has 1 saturated heterocycles. The molecule has 0 spiro atoms. The van der Waals surface area contributed by atoms with Crippen molar-refractivity contribution in [3.05, 3.63) is 65.0 Å². The average molecular weight is 418 g/mol. The summed E-state index contributed by atoms with van der Waals surface area (Å²) in [7, 11) is 1.91. The number of likely N-dealkylation sites (tertiary alicyclic amines) is 1. The van der Waals surface area contributed by atoms with Crippen LogP contribution < -0.4 is 5.32 Å². The zero-order chi connectivity index (χ0) is 22.0. The van der Waals surface area contributed by atoms with E-state index in [1.165, 1.54) is 0 Å². The molecule has 0 bridgehead atoms. The van der Waals surface area contributed by atoms with E-state index in [9.17, 15) is 4.79 Å². The number of nitrogens with one attached hydrogen (secondary N) is 1. The maximum atomic E-state index is 13.1. The van der Waals surface area contributed by atoms with Crippen molar-refractivity contribution in [1.82, 2.24) is 29.6 Å². The molecule has 4 rings (SSSR count). The van der Waals surface area contributed by atoms with Gasteiger partial charge in [-0.1, -0.05) is 6.07 Å². The molecule has 0 saturated carbocycles. The largest absolute Gasteiger partial charge is 0.330 e. The first-order valence-corrected chi connectivity index (χ1v) is 10.4. The minimum absolute atomic E-state index is 0.0317. The lowest BCUT2D eigenvalue weighted by molar-refractivity contribution is -0.126. The molecule has 1 N–H and O–H groups in total. The Labute approximate surface area is 182 Å². The van der Waals surface area contributed by atoms with Crippen molar-refractivity contribution in [3.63, 3.8) is 0 Å². The lowest BCUT2D eigenvalue weighted by atomic mass is 10.1. The Kier molecular flexibility index (Phi) is 5.79. The van der Waals surface area contributed by atoms with Gasteiger partial charge in [0.2, 0.25) is 5.91 Å². The molecule has 4 heterocycles. The van der Waals surface area contributed by atoms with Gasteiger partial charge in [-0.3, -0.25) is 14.5 Å². The Morgan fingerprint density at radius 3 is 2.65 bits per heavy atom. The molecule has 3 aromatic heterocycles. The van der Waals surface area contributed by atoms with E-state index in [0.29, 0.717) is 12.4 Å². The molecule has 1 unspecified atom stereocenters. The number of nitrogens with zero attached hydrogens (tertiary/aromatic N) is 6. The van der Waals surface area contributed by atoms with E-state index in [0.717, 1.165) is 46.9 Å². The molecule has 160 valence electrons. The lowest BCUT2D eigenvalue weighted by Crippen LogP contribution is -2.30. The summed E-state index contributed by atoms with van der Waals surface area (Å²) in [5.74, 6) is 1.34. The number of amides is 1. The number of anilines is 2. The van der Waals surface area contributed by atoms with Gasteiger partial charge in [-0.25, -0.2) is 9.97 Å². The maximum Gasteiger partial charge on any atom is 0.247 e. The second-order valence-corrected chi connectivity index (χ2v) is 7.82. The Balaban J connectivity index is 1.58. The minimum Gasteiger partial charge on any atom is -0.330 e. The first-order chi connectivity index (χ1) is 15.0. The molecule has 3 aromatic rings. The molecule has 1 atom stereocenters. The van der Waals surface area contributed by atoms with Crippen molar-refractivity contribution in [1.29, 1.82) is 0 Å². The fraction of sp³-hybridized carbons (Fsp3) is 0.348. The summed E-state index contributed by atoms with van der Waals surface area (Å²) >= 11 is 0. The van der Waals surface area contributed by atoms with Crippen LogP contribution in [-0.4, -0.2) is 42.1 Å². The zero-order valence-electron chi connectivity index (χ0n) is 18.3. The lowest BCUT2D eigenvalue weighted by Gasteiger charge is -2.24. The summed E-state index contributed by atoms with van der Waals surface area (Å²) < 4.78 is 1.83. The predicted molar refractivity (Wildman–Crippen MR) is 120 cm³/mol. The molecule has 31 heavy (non-hydrogen) atoms. The second-order valence-electron chi connectivity index (χ2n) is 7.82. The van der Waals surface area contributed by atoms with Gasteiger partial charge in [-0.05, 0) is 51.3 Å². The Morgan fingerprint density at radius 1 is 1.13 bits per heavy atom. The van der Waals surface area contributed by atoms with Crippen LogP contribution >= 0.6 is 0 Å². The molecular formula is C23H27N7O. The fourth-order valence-corrected chi connectivity index (χ4v) is 4.01. The maximum absolute atomic E-state index is 13.1. The van der Waals surface area contributed by atoms with E-state index in [-0.39, 0.29) is 11.9 Å². The third kappa shape index (κ3) is 4.19. The monoisotopic (exact) mass is 417 g/mol. The smallest absolute Gasteiger partial charge is 0.247 e. The molecule has 0 aromatic carbocycles. The SMILES string of the molecule is Cc1cccnc1Nc1nccnc1C1CCCN1C(=O)/C=C/c1c(C)nn(C)c1C. The van der Waals surface area contributed by atoms with Gasteiger partial charge in [-0.15, -0.1) is 0 Å². The summed E-state index contributed by atoms with van der Waals surface area (Å²) in [5.41, 5.74) is 4.71. The van der Waals surface area contributed by atoms with Crippen molar-refractivity contribution >= 4 is 23.6 Å². The molecular weight excluding hydrogens is 390 g/mol. The van der Waals surface area contributed by atoms with E-state index in [4.69, 9.17) is 0 Å². The highest BCUT2D eigenvalue weighted by molar-refractivity contribution is 5.92. The number of carbonyl (C=O) groups excluding carboxylic acids is 1. The average Bonchev–Trinajstić information content (AvgIpc) is 3.33. The minimum atomic E-state index is -0.131. The quantitative estimate of drug-likeness (QED) is 0.638. The van der Waals surface area contributed by atoms with Gasteiger partial charge in [0.25, 0.3) is 0 Å². The van der Waals surface area contributed by atoms with Crippen molar-refractivity contribution in [3.8, 4) is 0 Å². The fourth-order valence-electron chi connectivity index (χ4n) is 4.01. The number of hydrogen-bond acceptors (Lipinski definition) is 6. The van der Waals surface area contributed by atoms with Crippen molar-refractivity contribution in [2.45, 2.75) is 39.7 Å². The molecule has 0 radical (unpaired) electrons. The van der Waals surface area contributed by atoms with E-state index in [2.05, 4.69) is 25.4 Å². The molecule has 8 heteroatoms. The van der Waals surface area contributed by atoms with E-state index in [1.807, 2.05) is 55.6 Å². The van der Waals surface area contributed by atoms with E-state index >= 15 is 0 Å². The zero-order valence-corrected chi connectivity index (χ0v) is 18.3. The molecule has 8 nitrogen and oxygen atoms in total. The Morgan fingerprint density at radius 2 is 1.90 bits per heavy atom. The normalized spacial score (nSPS) is 16.3. The van der Waals surface area contributed by atoms with Crippen molar-refractivity contribution < 1.29 is 4.79 Å². The number of rotatable bonds is 5. The van der Waals surface area contributed by atoms with Crippen LogP contribution in [0.5, 0.6) is 0 Å². The van der Waals surface area contributed by atoms with Crippen LogP contribution in [0.3, 0.4) is 0 Å². The number of pyridine rings is 1. The highest BCUT2D eigenvalue weighted by Gasteiger charge is 2.32. The standard InChI is InChI=1S/C23H27N7O/c1-15-7-5-11-25-22(15)27-23-21(24-12-13-26-23)19-8-6-14-30(19)20(31)10-9-18-16(2)28-29(4)17(18)3/h5,7,9-13,19H,6,8,14H2,1-4H3,(H,25,26,27)/b10-9+. The van der Waals surface area contributed by atoms with E-state index < -0.39 is 0 Å². The number of carbonyl (C=O) groups is 1. The first kappa shape index (κ1) is 20.7. The van der Waals surface area contributed by atoms with Crippen LogP contribution in [0.1, 0.15) is 47.1 Å². The first-order valence-electron chi connectivity index (χ1n) is 10.4. The van der Waals surface area contributed by atoms with Crippen molar-refractivity contribution in [2.24, 2.45) is 7.05 Å². The number of hydrogen-bond donors (Lipinski definition) is 1. The Bertz CT molecular complexity index is 1130. The van der Waals surface area contributed by atoms with Gasteiger partial charge in [0, 0.05) is 49.5 Å². The summed E-state index contributed by atoms with van der Waals surface area (Å²) in [4.78, 5) is 28.4. The van der Waals surface area contributed by atoms with Gasteiger partial charge >= 0.3 is 0 Å². The molecule has 1 aliphatic rings. The van der Waals surface area contributed by atoms with Crippen LogP contribution in [0.15, 0.2) is 36.8 Å². The van der Waals surface area contributed by atoms with Gasteiger partial charge in [0.15, 0.2) is 5.82 Å². The number of aryl methyl sites for hydroxylation is 3. The van der Waals surface area contributed by atoms with Gasteiger partial charge in [0.05, 0.1) is 11.7 Å². The predicted octanol–water partition coefficient (Wildman–Crippen LogP) is 3.65. The van der Waals surface area contributed by atoms with Crippen LogP contribution in [0.25, 0.3) is 6.08 Å². The summed E-state index contributed by atoms with van der Waals surface area (Å²) in [6.45, 7) is 6.63. The van der Waals surface area contributed by atoms with E-state index in [1.54, 1.807) is 24.7 Å². The molecule has 0 aliphatic carbocycles. The van der Waals surface area contributed by atoms with Gasteiger partial charge in [0.1, 0.15) is 11.5 Å². The Hall–Kier alpha value is -3.55. The topological polar surface area (TPSA) is 88.8 Å². The highest BCUT2D eigenvalue weighted by atomic mass is 16.2. The van der Waals surface area contributed by atoms with Crippen LogP contribution in [0.4, 0.5) is 11.6 Å². The summed E-state index contributed by atoms with van der Waals surface area (Å²) in [6.07, 6.45) is 10.3. The van der Waals surface area contributed by atoms with Crippen molar-refractivity contribution in [2.75, 3.05) is 11.9 Å². The highest BCUT2D eigenvalue weighted by Crippen LogP contribution is 2.35. The number of aromatic nitrogens is 5. The van der Waals surface area contributed by atoms with Gasteiger partial charge < -0.3 is 10.2 Å². The second kappa shape index (κ2) is 8.67. The van der Waals surface area contributed by atoms with Crippen LogP contribution in [-0.2, 0) is 11.8 Å². The molecule has 1 amide bonds. The molecule has 1 aliphatic heterocycles. The van der Waals surface area contributed by atoms with Crippen LogP contribution in [0, 0.1) is 20.8 Å². The van der Waals surface area contributed by atoms with Gasteiger partial charge in [-0.2, -0.15) is 5.10 Å². The molecule has 1 fully saturated rings. The summed E-state index contributed by atoms with van der Waals surface area (Å²) in [6, 6.07) is 3.76. The van der Waals surface area contributed by atoms with Crippen LogP contribution in [0.2, 0.25) is 0 Å². The third-order valence-corrected chi connectivity index (χ3v) is 5.78.